The number of nitrogens with two attached hydrogens (primary N) is 1. The molecule has 1 aromatic heterocycles. The van der Waals surface area contributed by atoms with E-state index < -0.39 is 5.97 Å². The zero-order valence-electron chi connectivity index (χ0n) is 6.24. The monoisotopic (exact) mass is 187 g/mol. The second-order valence-corrected chi connectivity index (χ2v) is 2.36. The van der Waals surface area contributed by atoms with Crippen LogP contribution in [0.25, 0.3) is 0 Å². The lowest BCUT2D eigenvalue weighted by molar-refractivity contribution is 0.0593. The van der Waals surface area contributed by atoms with Gasteiger partial charge in [0.05, 0.1) is 12.1 Å². The molecular weight excluding hydrogens is 182 g/mol. The van der Waals surface area contributed by atoms with Gasteiger partial charge in [-0.1, -0.05) is 11.6 Å². The molecule has 0 bridgehead atoms. The number of carbonyl (C=O) groups excluding carboxylic acids is 1. The van der Waals surface area contributed by atoms with Crippen LogP contribution in [0.2, 0.25) is 5.02 Å². The highest BCUT2D eigenvalue weighted by atomic mass is 35.5. The number of hydrogen-bond acceptors (Lipinski definition) is 5. The van der Waals surface area contributed by atoms with E-state index in [1.54, 1.807) is 0 Å². The molecule has 1 aromatic rings. The molecule has 0 unspecified atom stereocenters. The van der Waals surface area contributed by atoms with E-state index in [9.17, 15) is 4.79 Å². The first kappa shape index (κ1) is 8.73. The molecule has 12 heavy (non-hydrogen) atoms. The molecule has 0 aliphatic heterocycles. The maximum Gasteiger partial charge on any atom is 0.358 e. The van der Waals surface area contributed by atoms with Gasteiger partial charge in [0.1, 0.15) is 0 Å². The predicted octanol–water partition coefficient (Wildman–Crippen LogP) is 0.499. The van der Waals surface area contributed by atoms with Crippen LogP contribution in [-0.4, -0.2) is 23.3 Å². The smallest absolute Gasteiger partial charge is 0.358 e. The van der Waals surface area contributed by atoms with Crippen LogP contribution < -0.4 is 5.73 Å². The van der Waals surface area contributed by atoms with Crippen molar-refractivity contribution < 1.29 is 9.53 Å². The molecule has 6 heteroatoms. The molecule has 2 N–H and O–H groups in total. The SMILES string of the molecule is COC(=O)c1cc(Cl)c(N)nn1. The summed E-state index contributed by atoms with van der Waals surface area (Å²) in [4.78, 5) is 10.9. The lowest BCUT2D eigenvalue weighted by atomic mass is 10.4. The third-order valence-corrected chi connectivity index (χ3v) is 1.47. The topological polar surface area (TPSA) is 78.1 Å². The lowest BCUT2D eigenvalue weighted by Gasteiger charge is -1.98. The van der Waals surface area contributed by atoms with E-state index in [4.69, 9.17) is 17.3 Å². The second-order valence-electron chi connectivity index (χ2n) is 1.95. The van der Waals surface area contributed by atoms with Crippen LogP contribution in [0.1, 0.15) is 10.5 Å². The van der Waals surface area contributed by atoms with Gasteiger partial charge in [0.2, 0.25) is 0 Å². The maximum absolute atomic E-state index is 10.9. The first-order valence-corrected chi connectivity index (χ1v) is 3.40. The van der Waals surface area contributed by atoms with Gasteiger partial charge in [-0.25, -0.2) is 4.79 Å². The number of halogens is 1. The van der Waals surface area contributed by atoms with Gasteiger partial charge in [-0.2, -0.15) is 0 Å². The minimum atomic E-state index is -0.593. The molecule has 1 heterocycles. The van der Waals surface area contributed by atoms with Crippen LogP contribution in [0.15, 0.2) is 6.07 Å². The van der Waals surface area contributed by atoms with Gasteiger partial charge in [-0.3, -0.25) is 0 Å². The molecule has 0 aromatic carbocycles. The van der Waals surface area contributed by atoms with E-state index >= 15 is 0 Å². The van der Waals surface area contributed by atoms with E-state index in [0.717, 1.165) is 0 Å². The fourth-order valence-electron chi connectivity index (χ4n) is 0.583. The van der Waals surface area contributed by atoms with Crippen LogP contribution in [0.5, 0.6) is 0 Å². The Kier molecular flexibility index (Phi) is 2.44. The van der Waals surface area contributed by atoms with Crippen LogP contribution in [-0.2, 0) is 4.74 Å². The molecule has 5 nitrogen and oxygen atoms in total. The van der Waals surface area contributed by atoms with Gasteiger partial charge in [-0.05, 0) is 6.07 Å². The Hall–Kier alpha value is -1.36. The van der Waals surface area contributed by atoms with E-state index in [0.29, 0.717) is 0 Å². The largest absolute Gasteiger partial charge is 0.464 e. The summed E-state index contributed by atoms with van der Waals surface area (Å²) < 4.78 is 4.39. The summed E-state index contributed by atoms with van der Waals surface area (Å²) in [5, 5.41) is 7.10. The summed E-state index contributed by atoms with van der Waals surface area (Å²) in [6.07, 6.45) is 0. The maximum atomic E-state index is 10.9. The molecule has 0 saturated heterocycles. The molecule has 1 rings (SSSR count). The number of nitrogen functional groups attached to an aromatic ring is 1. The summed E-state index contributed by atoms with van der Waals surface area (Å²) in [7, 11) is 1.24. The molecule has 64 valence electrons. The number of nitrogens with zero attached hydrogens (tertiary/aromatic N) is 2. The summed E-state index contributed by atoms with van der Waals surface area (Å²) in [5.74, 6) is -0.506. The van der Waals surface area contributed by atoms with Crippen molar-refractivity contribution in [3.8, 4) is 0 Å². The van der Waals surface area contributed by atoms with Crippen molar-refractivity contribution in [2.24, 2.45) is 0 Å². The fourth-order valence-corrected chi connectivity index (χ4v) is 0.724. The number of aromatic nitrogens is 2. The van der Waals surface area contributed by atoms with Crippen molar-refractivity contribution >= 4 is 23.4 Å². The third-order valence-electron chi connectivity index (χ3n) is 1.17. The molecule has 0 amide bonds. The van der Waals surface area contributed by atoms with Crippen LogP contribution in [0.3, 0.4) is 0 Å². The van der Waals surface area contributed by atoms with E-state index in [-0.39, 0.29) is 16.5 Å². The number of ether oxygens (including phenoxy) is 1. The highest BCUT2D eigenvalue weighted by Crippen LogP contribution is 2.14. The lowest BCUT2D eigenvalue weighted by Crippen LogP contribution is -2.06. The second kappa shape index (κ2) is 3.36. The predicted molar refractivity (Wildman–Crippen MR) is 42.8 cm³/mol. The van der Waals surface area contributed by atoms with Crippen LogP contribution in [0.4, 0.5) is 5.82 Å². The van der Waals surface area contributed by atoms with Crippen molar-refractivity contribution in [3.05, 3.63) is 16.8 Å². The average molecular weight is 188 g/mol. The average Bonchev–Trinajstić information content (AvgIpc) is 2.08. The number of anilines is 1. The van der Waals surface area contributed by atoms with Crippen molar-refractivity contribution in [2.45, 2.75) is 0 Å². The van der Waals surface area contributed by atoms with Crippen molar-refractivity contribution in [2.75, 3.05) is 12.8 Å². The first-order chi connectivity index (χ1) is 5.65. The zero-order valence-corrected chi connectivity index (χ0v) is 7.00. The standard InChI is InChI=1S/C6H6ClN3O2/c1-12-6(11)4-2-3(7)5(8)10-9-4/h2H,1H3,(H2,8,10). The van der Waals surface area contributed by atoms with Crippen molar-refractivity contribution in [3.63, 3.8) is 0 Å². The van der Waals surface area contributed by atoms with Crippen LogP contribution in [0, 0.1) is 0 Å². The highest BCUT2D eigenvalue weighted by molar-refractivity contribution is 6.32. The number of hydrogen-bond donors (Lipinski definition) is 1. The van der Waals surface area contributed by atoms with Crippen LogP contribution >= 0.6 is 11.6 Å². The summed E-state index contributed by atoms with van der Waals surface area (Å²) >= 11 is 5.58. The summed E-state index contributed by atoms with van der Waals surface area (Å²) in [6.45, 7) is 0. The molecular formula is C6H6ClN3O2. The number of rotatable bonds is 1. The van der Waals surface area contributed by atoms with Gasteiger partial charge in [0, 0.05) is 0 Å². The molecule has 0 saturated carbocycles. The summed E-state index contributed by atoms with van der Waals surface area (Å²) in [6, 6.07) is 1.30. The fraction of sp³-hybridized carbons (Fsp3) is 0.167. The zero-order chi connectivity index (χ0) is 9.14. The molecule has 0 spiro atoms. The number of esters is 1. The van der Waals surface area contributed by atoms with Gasteiger partial charge in [0.25, 0.3) is 0 Å². The first-order valence-electron chi connectivity index (χ1n) is 3.02. The van der Waals surface area contributed by atoms with Gasteiger partial charge in [0.15, 0.2) is 11.5 Å². The van der Waals surface area contributed by atoms with E-state index in [1.807, 2.05) is 0 Å². The minimum absolute atomic E-state index is 0.0386. The third kappa shape index (κ3) is 1.62. The quantitative estimate of drug-likeness (QED) is 0.648. The van der Waals surface area contributed by atoms with Crippen molar-refractivity contribution in [1.29, 1.82) is 0 Å². The number of methoxy groups -OCH3 is 1. The van der Waals surface area contributed by atoms with E-state index in [1.165, 1.54) is 13.2 Å². The molecule has 0 aliphatic rings. The Morgan fingerprint density at radius 3 is 2.83 bits per heavy atom. The van der Waals surface area contributed by atoms with Gasteiger partial charge in [-0.15, -0.1) is 10.2 Å². The Morgan fingerprint density at radius 1 is 1.67 bits per heavy atom. The Labute approximate surface area is 73.5 Å². The molecule has 0 aliphatic carbocycles. The minimum Gasteiger partial charge on any atom is -0.464 e. The number of carbonyl (C=O) groups is 1. The molecule has 0 radical (unpaired) electrons. The summed E-state index contributed by atoms with van der Waals surface area (Å²) in [5.41, 5.74) is 5.31. The molecule has 0 atom stereocenters. The van der Waals surface area contributed by atoms with Gasteiger partial charge < -0.3 is 10.5 Å². The highest BCUT2D eigenvalue weighted by Gasteiger charge is 2.09. The Bertz CT molecular complexity index is 316. The van der Waals surface area contributed by atoms with E-state index in [2.05, 4.69) is 14.9 Å². The normalized spacial score (nSPS) is 9.50. The van der Waals surface area contributed by atoms with Gasteiger partial charge >= 0.3 is 5.97 Å². The molecule has 0 fully saturated rings. The Balaban J connectivity index is 3.05. The Morgan fingerprint density at radius 2 is 2.33 bits per heavy atom. The van der Waals surface area contributed by atoms with Crippen molar-refractivity contribution in [1.82, 2.24) is 10.2 Å².